The van der Waals surface area contributed by atoms with Gasteiger partial charge >= 0.3 is 12.0 Å². The van der Waals surface area contributed by atoms with Crippen molar-refractivity contribution in [2.24, 2.45) is 0 Å². The molecule has 6 heteroatoms. The molecule has 0 aromatic heterocycles. The van der Waals surface area contributed by atoms with Crippen LogP contribution in [0.15, 0.2) is 36.9 Å². The van der Waals surface area contributed by atoms with Crippen LogP contribution in [0.2, 0.25) is 0 Å². The molecule has 0 aliphatic heterocycles. The first-order chi connectivity index (χ1) is 10.0. The van der Waals surface area contributed by atoms with E-state index in [1.165, 1.54) is 4.90 Å². The zero-order valence-electron chi connectivity index (χ0n) is 12.0. The number of rotatable bonds is 8. The molecule has 0 spiro atoms. The average Bonchev–Trinajstić information content (AvgIpc) is 2.48. The van der Waals surface area contributed by atoms with Crippen molar-refractivity contribution in [2.75, 3.05) is 20.2 Å². The number of para-hydroxylation sites is 1. The Balaban J connectivity index is 2.52. The quantitative estimate of drug-likeness (QED) is 0.717. The average molecular weight is 292 g/mol. The van der Waals surface area contributed by atoms with Crippen molar-refractivity contribution in [1.82, 2.24) is 10.2 Å². The summed E-state index contributed by atoms with van der Waals surface area (Å²) in [7, 11) is 1.55. The van der Waals surface area contributed by atoms with Gasteiger partial charge in [0, 0.05) is 25.7 Å². The Bertz CT molecular complexity index is 502. The van der Waals surface area contributed by atoms with Gasteiger partial charge in [-0.25, -0.2) is 4.79 Å². The van der Waals surface area contributed by atoms with E-state index in [9.17, 15) is 9.59 Å². The van der Waals surface area contributed by atoms with Crippen molar-refractivity contribution in [2.45, 2.75) is 13.0 Å². The van der Waals surface area contributed by atoms with Gasteiger partial charge in [-0.05, 0) is 6.07 Å². The number of ether oxygens (including phenoxy) is 1. The maximum atomic E-state index is 11.8. The van der Waals surface area contributed by atoms with E-state index in [2.05, 4.69) is 11.9 Å². The summed E-state index contributed by atoms with van der Waals surface area (Å²) in [5, 5.41) is 11.3. The highest BCUT2D eigenvalue weighted by atomic mass is 16.5. The SMILES string of the molecule is C=CCOc1ccccc1CNC(=O)N(C)CCC(=O)O. The molecule has 2 N–H and O–H groups in total. The van der Waals surface area contributed by atoms with E-state index < -0.39 is 5.97 Å². The van der Waals surface area contributed by atoms with Crippen LogP contribution in [-0.2, 0) is 11.3 Å². The standard InChI is InChI=1S/C15H20N2O4/c1-3-10-21-13-7-5-4-6-12(13)11-16-15(20)17(2)9-8-14(18)19/h3-7H,1,8-11H2,2H3,(H,16,20)(H,18,19). The summed E-state index contributed by atoms with van der Waals surface area (Å²) in [5.74, 6) is -0.247. The van der Waals surface area contributed by atoms with Crippen molar-refractivity contribution in [3.8, 4) is 5.75 Å². The third-order valence-corrected chi connectivity index (χ3v) is 2.77. The molecule has 1 rings (SSSR count). The number of aliphatic carboxylic acids is 1. The summed E-state index contributed by atoms with van der Waals surface area (Å²) in [6.07, 6.45) is 1.57. The molecule has 0 fully saturated rings. The monoisotopic (exact) mass is 292 g/mol. The van der Waals surface area contributed by atoms with Crippen LogP contribution in [0.25, 0.3) is 0 Å². The Hall–Kier alpha value is -2.50. The highest BCUT2D eigenvalue weighted by Gasteiger charge is 2.10. The maximum absolute atomic E-state index is 11.8. The number of hydrogen-bond donors (Lipinski definition) is 2. The minimum Gasteiger partial charge on any atom is -0.489 e. The minimum atomic E-state index is -0.933. The van der Waals surface area contributed by atoms with Crippen LogP contribution in [-0.4, -0.2) is 42.2 Å². The molecule has 0 aliphatic carbocycles. The number of carboxylic acid groups (broad SMARTS) is 1. The topological polar surface area (TPSA) is 78.9 Å². The minimum absolute atomic E-state index is 0.0804. The summed E-state index contributed by atoms with van der Waals surface area (Å²) in [6, 6.07) is 7.06. The van der Waals surface area contributed by atoms with Gasteiger partial charge in [0.2, 0.25) is 0 Å². The van der Waals surface area contributed by atoms with E-state index >= 15 is 0 Å². The second-order valence-electron chi connectivity index (χ2n) is 4.43. The van der Waals surface area contributed by atoms with Gasteiger partial charge in [0.15, 0.2) is 0 Å². The molecule has 0 saturated heterocycles. The van der Waals surface area contributed by atoms with E-state index in [0.29, 0.717) is 18.9 Å². The Morgan fingerprint density at radius 3 is 2.81 bits per heavy atom. The predicted molar refractivity (Wildman–Crippen MR) is 79.3 cm³/mol. The summed E-state index contributed by atoms with van der Waals surface area (Å²) in [6.45, 7) is 4.45. The zero-order chi connectivity index (χ0) is 15.7. The highest BCUT2D eigenvalue weighted by molar-refractivity contribution is 5.75. The van der Waals surface area contributed by atoms with Crippen LogP contribution in [0.5, 0.6) is 5.75 Å². The van der Waals surface area contributed by atoms with Gasteiger partial charge in [-0.2, -0.15) is 0 Å². The van der Waals surface area contributed by atoms with Crippen LogP contribution < -0.4 is 10.1 Å². The van der Waals surface area contributed by atoms with Gasteiger partial charge in [-0.1, -0.05) is 30.9 Å². The molecule has 0 aliphatic rings. The molecule has 2 amide bonds. The molecule has 0 radical (unpaired) electrons. The third kappa shape index (κ3) is 5.99. The predicted octanol–water partition coefficient (Wildman–Crippen LogP) is 1.87. The molecular weight excluding hydrogens is 272 g/mol. The summed E-state index contributed by atoms with van der Waals surface area (Å²) in [4.78, 5) is 23.6. The van der Waals surface area contributed by atoms with E-state index in [1.54, 1.807) is 13.1 Å². The molecule has 1 aromatic rings. The fraction of sp³-hybridized carbons (Fsp3) is 0.333. The number of urea groups is 1. The largest absolute Gasteiger partial charge is 0.489 e. The lowest BCUT2D eigenvalue weighted by Crippen LogP contribution is -2.38. The molecule has 0 bridgehead atoms. The van der Waals surface area contributed by atoms with Crippen molar-refractivity contribution in [3.05, 3.63) is 42.5 Å². The first-order valence-corrected chi connectivity index (χ1v) is 6.57. The lowest BCUT2D eigenvalue weighted by Gasteiger charge is -2.17. The van der Waals surface area contributed by atoms with Crippen molar-refractivity contribution in [1.29, 1.82) is 0 Å². The summed E-state index contributed by atoms with van der Waals surface area (Å²) >= 11 is 0. The smallest absolute Gasteiger partial charge is 0.317 e. The molecule has 21 heavy (non-hydrogen) atoms. The molecule has 0 atom stereocenters. The molecule has 6 nitrogen and oxygen atoms in total. The Kier molecular flexibility index (Phi) is 6.80. The van der Waals surface area contributed by atoms with Crippen LogP contribution in [0.4, 0.5) is 4.79 Å². The second kappa shape index (κ2) is 8.63. The summed E-state index contributed by atoms with van der Waals surface area (Å²) in [5.41, 5.74) is 0.847. The molecule has 114 valence electrons. The second-order valence-corrected chi connectivity index (χ2v) is 4.43. The van der Waals surface area contributed by atoms with Crippen molar-refractivity contribution in [3.63, 3.8) is 0 Å². The van der Waals surface area contributed by atoms with E-state index in [-0.39, 0.29) is 19.0 Å². The summed E-state index contributed by atoms with van der Waals surface area (Å²) < 4.78 is 5.50. The molecule has 0 heterocycles. The number of nitrogens with one attached hydrogen (secondary N) is 1. The number of nitrogens with zero attached hydrogens (tertiary/aromatic N) is 1. The van der Waals surface area contributed by atoms with Crippen LogP contribution in [0.1, 0.15) is 12.0 Å². The Morgan fingerprint density at radius 1 is 1.43 bits per heavy atom. The van der Waals surface area contributed by atoms with Gasteiger partial charge in [0.05, 0.1) is 6.42 Å². The maximum Gasteiger partial charge on any atom is 0.317 e. The fourth-order valence-corrected chi connectivity index (χ4v) is 1.61. The number of hydrogen-bond acceptors (Lipinski definition) is 3. The van der Waals surface area contributed by atoms with Crippen molar-refractivity contribution < 1.29 is 19.4 Å². The first-order valence-electron chi connectivity index (χ1n) is 6.57. The van der Waals surface area contributed by atoms with Crippen LogP contribution in [0, 0.1) is 0 Å². The zero-order valence-corrected chi connectivity index (χ0v) is 12.0. The van der Waals surface area contributed by atoms with E-state index in [4.69, 9.17) is 9.84 Å². The molecular formula is C15H20N2O4. The van der Waals surface area contributed by atoms with Crippen LogP contribution in [0.3, 0.4) is 0 Å². The normalized spacial score (nSPS) is 9.76. The lowest BCUT2D eigenvalue weighted by atomic mass is 10.2. The highest BCUT2D eigenvalue weighted by Crippen LogP contribution is 2.17. The third-order valence-electron chi connectivity index (χ3n) is 2.77. The number of benzene rings is 1. The lowest BCUT2D eigenvalue weighted by molar-refractivity contribution is -0.137. The van der Waals surface area contributed by atoms with Crippen LogP contribution >= 0.6 is 0 Å². The van der Waals surface area contributed by atoms with Gasteiger partial charge < -0.3 is 20.1 Å². The van der Waals surface area contributed by atoms with Crippen molar-refractivity contribution >= 4 is 12.0 Å². The van der Waals surface area contributed by atoms with Gasteiger partial charge in [-0.3, -0.25) is 4.79 Å². The van der Waals surface area contributed by atoms with Gasteiger partial charge in [0.25, 0.3) is 0 Å². The molecule has 0 unspecified atom stereocenters. The molecule has 1 aromatic carbocycles. The number of carboxylic acids is 1. The van der Waals surface area contributed by atoms with E-state index in [0.717, 1.165) is 5.56 Å². The Labute approximate surface area is 124 Å². The van der Waals surface area contributed by atoms with Gasteiger partial charge in [-0.15, -0.1) is 0 Å². The van der Waals surface area contributed by atoms with E-state index in [1.807, 2.05) is 24.3 Å². The molecule has 0 saturated carbocycles. The van der Waals surface area contributed by atoms with Gasteiger partial charge in [0.1, 0.15) is 12.4 Å². The number of carbonyl (C=O) groups is 2. The number of carbonyl (C=O) groups excluding carboxylic acids is 1. The fourth-order valence-electron chi connectivity index (χ4n) is 1.61. The first kappa shape index (κ1) is 16.6. The Morgan fingerprint density at radius 2 is 2.14 bits per heavy atom. The number of amides is 2.